The number of nitrogens with one attached hydrogen (secondary N) is 2. The molecule has 6 heteroatoms. The molecule has 2 rings (SSSR count). The maximum atomic E-state index is 12.2. The van der Waals surface area contributed by atoms with Gasteiger partial charge in [-0.2, -0.15) is 0 Å². The number of benzene rings is 1. The van der Waals surface area contributed by atoms with Crippen molar-refractivity contribution in [2.24, 2.45) is 5.73 Å². The van der Waals surface area contributed by atoms with Crippen molar-refractivity contribution in [2.45, 2.75) is 38.3 Å². The van der Waals surface area contributed by atoms with Crippen molar-refractivity contribution < 1.29 is 9.59 Å². The van der Waals surface area contributed by atoms with Crippen LogP contribution in [0.25, 0.3) is 0 Å². The maximum absolute atomic E-state index is 12.2. The van der Waals surface area contributed by atoms with E-state index in [0.29, 0.717) is 12.1 Å². The molecule has 0 spiro atoms. The molecular formula is C15H22ClN3O2. The number of halogens is 1. The largest absolute Gasteiger partial charge is 0.366 e. The molecule has 0 aliphatic carbocycles. The Morgan fingerprint density at radius 2 is 1.95 bits per heavy atom. The molecule has 1 atom stereocenters. The van der Waals surface area contributed by atoms with Gasteiger partial charge in [0.05, 0.1) is 5.54 Å². The molecule has 1 aliphatic heterocycles. The number of hydrogen-bond acceptors (Lipinski definition) is 3. The predicted molar refractivity (Wildman–Crippen MR) is 84.3 cm³/mol. The predicted octanol–water partition coefficient (Wildman–Crippen LogP) is 1.36. The van der Waals surface area contributed by atoms with Crippen molar-refractivity contribution in [1.82, 2.24) is 10.6 Å². The molecule has 1 aromatic rings. The molecule has 4 N–H and O–H groups in total. The highest BCUT2D eigenvalue weighted by Gasteiger charge is 2.33. The highest BCUT2D eigenvalue weighted by Crippen LogP contribution is 2.18. The molecule has 1 aromatic carbocycles. The van der Waals surface area contributed by atoms with Gasteiger partial charge in [-0.25, -0.2) is 0 Å². The third kappa shape index (κ3) is 4.44. The molecule has 2 amide bonds. The molecule has 1 heterocycles. The number of carbonyl (C=O) groups is 2. The third-order valence-corrected chi connectivity index (χ3v) is 3.81. The van der Waals surface area contributed by atoms with E-state index in [9.17, 15) is 9.59 Å². The molecule has 116 valence electrons. The van der Waals surface area contributed by atoms with Gasteiger partial charge in [0.25, 0.3) is 0 Å². The van der Waals surface area contributed by atoms with E-state index < -0.39 is 11.4 Å². The van der Waals surface area contributed by atoms with Crippen LogP contribution in [0.2, 0.25) is 0 Å². The van der Waals surface area contributed by atoms with E-state index in [1.54, 1.807) is 24.3 Å². The summed E-state index contributed by atoms with van der Waals surface area (Å²) in [4.78, 5) is 23.2. The Kier molecular flexibility index (Phi) is 6.18. The fourth-order valence-corrected chi connectivity index (χ4v) is 2.41. The van der Waals surface area contributed by atoms with E-state index >= 15 is 0 Å². The van der Waals surface area contributed by atoms with Gasteiger partial charge in [0.1, 0.15) is 0 Å². The van der Waals surface area contributed by atoms with E-state index in [-0.39, 0.29) is 18.3 Å². The summed E-state index contributed by atoms with van der Waals surface area (Å²) in [6, 6.07) is 6.95. The summed E-state index contributed by atoms with van der Waals surface area (Å²) in [5, 5.41) is 6.22. The lowest BCUT2D eigenvalue weighted by Gasteiger charge is -2.33. The van der Waals surface area contributed by atoms with E-state index in [4.69, 9.17) is 5.73 Å². The smallest absolute Gasteiger partial charge is 0.248 e. The van der Waals surface area contributed by atoms with Crippen LogP contribution in [0.15, 0.2) is 24.3 Å². The second-order valence-electron chi connectivity index (χ2n) is 5.46. The second kappa shape index (κ2) is 7.43. The van der Waals surface area contributed by atoms with Gasteiger partial charge in [-0.05, 0) is 50.4 Å². The lowest BCUT2D eigenvalue weighted by atomic mass is 9.90. The summed E-state index contributed by atoms with van der Waals surface area (Å²) >= 11 is 0. The van der Waals surface area contributed by atoms with Crippen LogP contribution in [0.3, 0.4) is 0 Å². The maximum Gasteiger partial charge on any atom is 0.248 e. The molecule has 0 saturated carbocycles. The minimum atomic E-state index is -0.467. The molecule has 0 aromatic heterocycles. The van der Waals surface area contributed by atoms with Crippen LogP contribution >= 0.6 is 12.4 Å². The van der Waals surface area contributed by atoms with Crippen LogP contribution in [-0.2, 0) is 11.3 Å². The molecule has 21 heavy (non-hydrogen) atoms. The number of rotatable bonds is 4. The van der Waals surface area contributed by atoms with E-state index in [0.717, 1.165) is 31.4 Å². The van der Waals surface area contributed by atoms with Crippen LogP contribution in [0.1, 0.15) is 42.1 Å². The molecule has 1 saturated heterocycles. The van der Waals surface area contributed by atoms with Gasteiger partial charge in [0.2, 0.25) is 11.8 Å². The number of nitrogens with two attached hydrogens (primary N) is 1. The average Bonchev–Trinajstić information content (AvgIpc) is 2.46. The molecule has 5 nitrogen and oxygen atoms in total. The quantitative estimate of drug-likeness (QED) is 0.785. The first kappa shape index (κ1) is 17.5. The zero-order valence-corrected chi connectivity index (χ0v) is 13.0. The lowest BCUT2D eigenvalue weighted by molar-refractivity contribution is -0.128. The van der Waals surface area contributed by atoms with Crippen molar-refractivity contribution in [2.75, 3.05) is 6.54 Å². The van der Waals surface area contributed by atoms with Crippen molar-refractivity contribution in [3.8, 4) is 0 Å². The molecule has 1 unspecified atom stereocenters. The Morgan fingerprint density at radius 1 is 1.29 bits per heavy atom. The first-order valence-corrected chi connectivity index (χ1v) is 6.93. The highest BCUT2D eigenvalue weighted by atomic mass is 35.5. The summed E-state index contributed by atoms with van der Waals surface area (Å²) < 4.78 is 0. The number of amides is 2. The zero-order valence-electron chi connectivity index (χ0n) is 12.1. The number of primary amides is 1. The van der Waals surface area contributed by atoms with Crippen LogP contribution in [0.5, 0.6) is 0 Å². The van der Waals surface area contributed by atoms with E-state index in [1.807, 2.05) is 6.92 Å². The van der Waals surface area contributed by atoms with Crippen LogP contribution in [0.4, 0.5) is 0 Å². The Labute approximate surface area is 131 Å². The van der Waals surface area contributed by atoms with E-state index in [1.165, 1.54) is 0 Å². The second-order valence-corrected chi connectivity index (χ2v) is 5.46. The first-order valence-electron chi connectivity index (χ1n) is 6.93. The Bertz CT molecular complexity index is 496. The Morgan fingerprint density at radius 3 is 2.48 bits per heavy atom. The Balaban J connectivity index is 0.00000220. The minimum absolute atomic E-state index is 0. The molecule has 1 fully saturated rings. The van der Waals surface area contributed by atoms with Gasteiger partial charge in [-0.3, -0.25) is 9.59 Å². The van der Waals surface area contributed by atoms with E-state index in [2.05, 4.69) is 10.6 Å². The van der Waals surface area contributed by atoms with Crippen molar-refractivity contribution >= 4 is 24.2 Å². The molecule has 0 bridgehead atoms. The Hall–Kier alpha value is -1.59. The summed E-state index contributed by atoms with van der Waals surface area (Å²) in [7, 11) is 0. The van der Waals surface area contributed by atoms with Crippen LogP contribution < -0.4 is 16.4 Å². The highest BCUT2D eigenvalue weighted by molar-refractivity contribution is 5.92. The topological polar surface area (TPSA) is 84.2 Å². The van der Waals surface area contributed by atoms with Crippen LogP contribution in [-0.4, -0.2) is 23.9 Å². The van der Waals surface area contributed by atoms with Crippen molar-refractivity contribution in [3.63, 3.8) is 0 Å². The summed E-state index contributed by atoms with van der Waals surface area (Å²) in [5.74, 6) is -0.421. The third-order valence-electron chi connectivity index (χ3n) is 3.81. The standard InChI is InChI=1S/C15H21N3O2.ClH/c1-15(8-2-3-9-18-15)14(20)17-10-11-4-6-12(7-5-11)13(16)19;/h4-7,18H,2-3,8-10H2,1H3,(H2,16,19)(H,17,20);1H. The van der Waals surface area contributed by atoms with Crippen molar-refractivity contribution in [1.29, 1.82) is 0 Å². The fraction of sp³-hybridized carbons (Fsp3) is 0.467. The number of hydrogen-bond donors (Lipinski definition) is 3. The zero-order chi connectivity index (χ0) is 14.6. The number of piperidine rings is 1. The lowest BCUT2D eigenvalue weighted by Crippen LogP contribution is -2.56. The van der Waals surface area contributed by atoms with Crippen molar-refractivity contribution in [3.05, 3.63) is 35.4 Å². The summed E-state index contributed by atoms with van der Waals surface area (Å²) in [5.41, 5.74) is 6.14. The first-order chi connectivity index (χ1) is 9.51. The monoisotopic (exact) mass is 311 g/mol. The van der Waals surface area contributed by atoms with Gasteiger partial charge < -0.3 is 16.4 Å². The number of carbonyl (C=O) groups excluding carboxylic acids is 2. The fourth-order valence-electron chi connectivity index (χ4n) is 2.41. The molecular weight excluding hydrogens is 290 g/mol. The van der Waals surface area contributed by atoms with Gasteiger partial charge in [0, 0.05) is 12.1 Å². The molecule has 0 radical (unpaired) electrons. The summed E-state index contributed by atoms with van der Waals surface area (Å²) in [6.07, 6.45) is 3.06. The molecule has 1 aliphatic rings. The van der Waals surface area contributed by atoms with Crippen LogP contribution in [0, 0.1) is 0 Å². The van der Waals surface area contributed by atoms with Gasteiger partial charge >= 0.3 is 0 Å². The average molecular weight is 312 g/mol. The van der Waals surface area contributed by atoms with Gasteiger partial charge in [-0.15, -0.1) is 12.4 Å². The summed E-state index contributed by atoms with van der Waals surface area (Å²) in [6.45, 7) is 3.28. The SMILES string of the molecule is CC1(C(=O)NCc2ccc(C(N)=O)cc2)CCCCN1.Cl. The van der Waals surface area contributed by atoms with Gasteiger partial charge in [-0.1, -0.05) is 12.1 Å². The van der Waals surface area contributed by atoms with Gasteiger partial charge in [0.15, 0.2) is 0 Å². The minimum Gasteiger partial charge on any atom is -0.366 e. The normalized spacial score (nSPS) is 21.2.